The highest BCUT2D eigenvalue weighted by molar-refractivity contribution is 5.64. The summed E-state index contributed by atoms with van der Waals surface area (Å²) in [5.74, 6) is 0.309. The molecule has 0 saturated heterocycles. The first-order valence-electron chi connectivity index (χ1n) is 5.57. The van der Waals surface area contributed by atoms with Gasteiger partial charge >= 0.3 is 6.18 Å². The van der Waals surface area contributed by atoms with Crippen molar-refractivity contribution in [2.45, 2.75) is 19.0 Å². The fourth-order valence-electron chi connectivity index (χ4n) is 2.13. The minimum absolute atomic E-state index is 0.0574. The second-order valence-corrected chi connectivity index (χ2v) is 4.82. The van der Waals surface area contributed by atoms with E-state index in [4.69, 9.17) is 4.74 Å². The summed E-state index contributed by atoms with van der Waals surface area (Å²) in [5, 5.41) is 2.91. The van der Waals surface area contributed by atoms with Crippen LogP contribution >= 0.6 is 0 Å². The van der Waals surface area contributed by atoms with Crippen molar-refractivity contribution in [3.05, 3.63) is 23.8 Å². The molecule has 1 aliphatic heterocycles. The Bertz CT molecular complexity index is 452. The zero-order valence-corrected chi connectivity index (χ0v) is 9.10. The number of hydrogen-bond donors (Lipinski definition) is 1. The third-order valence-corrected chi connectivity index (χ3v) is 3.46. The Morgan fingerprint density at radius 3 is 2.65 bits per heavy atom. The van der Waals surface area contributed by atoms with Crippen LogP contribution in [-0.4, -0.2) is 13.2 Å². The zero-order chi connectivity index (χ0) is 12.1. The van der Waals surface area contributed by atoms with Crippen LogP contribution in [0.2, 0.25) is 0 Å². The van der Waals surface area contributed by atoms with Gasteiger partial charge in [-0.2, -0.15) is 13.2 Å². The number of halogens is 3. The third kappa shape index (κ3) is 1.83. The average Bonchev–Trinajstić information content (AvgIpc) is 3.05. The average molecular weight is 243 g/mol. The van der Waals surface area contributed by atoms with Gasteiger partial charge in [0.05, 0.1) is 17.9 Å². The smallest absolute Gasteiger partial charge is 0.418 e. The summed E-state index contributed by atoms with van der Waals surface area (Å²) < 4.78 is 44.0. The highest BCUT2D eigenvalue weighted by Gasteiger charge is 2.46. The lowest BCUT2D eigenvalue weighted by molar-refractivity contribution is -0.137. The fourth-order valence-corrected chi connectivity index (χ4v) is 2.13. The molecule has 1 aromatic carbocycles. The monoisotopic (exact) mass is 243 g/mol. The Balaban J connectivity index is 2.00. The maximum atomic E-state index is 12.8. The molecular weight excluding hydrogens is 231 g/mol. The number of nitrogens with one attached hydrogen (secondary N) is 1. The van der Waals surface area contributed by atoms with E-state index in [1.54, 1.807) is 6.07 Å². The molecule has 1 saturated carbocycles. The Hall–Kier alpha value is -1.39. The number of para-hydroxylation sites is 1. The predicted molar refractivity (Wildman–Crippen MR) is 57.1 cm³/mol. The molecular formula is C12H12F3NO. The fraction of sp³-hybridized carbons (Fsp3) is 0.500. The van der Waals surface area contributed by atoms with E-state index in [0.29, 0.717) is 18.9 Å². The molecule has 0 radical (unpaired) electrons. The molecule has 0 unspecified atom stereocenters. The minimum Gasteiger partial charge on any atom is -0.491 e. The molecule has 3 rings (SSSR count). The Labute approximate surface area is 96.8 Å². The van der Waals surface area contributed by atoms with E-state index >= 15 is 0 Å². The van der Waals surface area contributed by atoms with Crippen LogP contribution in [0.5, 0.6) is 5.75 Å². The quantitative estimate of drug-likeness (QED) is 0.755. The molecule has 0 bridgehead atoms. The number of benzene rings is 1. The minimum atomic E-state index is -4.34. The van der Waals surface area contributed by atoms with Crippen LogP contribution in [0.4, 0.5) is 18.9 Å². The SMILES string of the molecule is FC(F)(F)c1cccc2c1NCC1(CC1)CO2. The normalized spacial score (nSPS) is 21.1. The molecule has 2 aliphatic rings. The van der Waals surface area contributed by atoms with E-state index in [9.17, 15) is 13.2 Å². The number of fused-ring (bicyclic) bond motifs is 1. The summed E-state index contributed by atoms with van der Waals surface area (Å²) in [7, 11) is 0. The summed E-state index contributed by atoms with van der Waals surface area (Å²) in [5.41, 5.74) is -0.501. The lowest BCUT2D eigenvalue weighted by Crippen LogP contribution is -2.19. The van der Waals surface area contributed by atoms with Crippen molar-refractivity contribution in [2.75, 3.05) is 18.5 Å². The standard InChI is InChI=1S/C12H12F3NO/c13-12(14,15)8-2-1-3-9-10(8)16-6-11(4-5-11)7-17-9/h1-3,16H,4-7H2. The van der Waals surface area contributed by atoms with Crippen LogP contribution < -0.4 is 10.1 Å². The highest BCUT2D eigenvalue weighted by Crippen LogP contribution is 2.50. The first-order chi connectivity index (χ1) is 8.00. The maximum absolute atomic E-state index is 12.8. The van der Waals surface area contributed by atoms with Gasteiger partial charge in [-0.1, -0.05) is 6.07 Å². The van der Waals surface area contributed by atoms with E-state index in [0.717, 1.165) is 18.9 Å². The lowest BCUT2D eigenvalue weighted by Gasteiger charge is -2.15. The first-order valence-corrected chi connectivity index (χ1v) is 5.57. The number of ether oxygens (including phenoxy) is 1. The molecule has 1 N–H and O–H groups in total. The van der Waals surface area contributed by atoms with Gasteiger partial charge in [0.1, 0.15) is 5.75 Å². The van der Waals surface area contributed by atoms with E-state index in [1.165, 1.54) is 6.07 Å². The van der Waals surface area contributed by atoms with Crippen LogP contribution in [0.25, 0.3) is 0 Å². The zero-order valence-electron chi connectivity index (χ0n) is 9.10. The molecule has 1 heterocycles. The van der Waals surface area contributed by atoms with Gasteiger partial charge in [-0.3, -0.25) is 0 Å². The highest BCUT2D eigenvalue weighted by atomic mass is 19.4. The van der Waals surface area contributed by atoms with Crippen molar-refractivity contribution in [1.82, 2.24) is 0 Å². The van der Waals surface area contributed by atoms with Gasteiger partial charge in [0.25, 0.3) is 0 Å². The van der Waals surface area contributed by atoms with E-state index in [1.807, 2.05) is 0 Å². The van der Waals surface area contributed by atoms with E-state index in [-0.39, 0.29) is 11.1 Å². The van der Waals surface area contributed by atoms with Gasteiger partial charge in [0, 0.05) is 12.0 Å². The predicted octanol–water partition coefficient (Wildman–Crippen LogP) is 3.29. The summed E-state index contributed by atoms with van der Waals surface area (Å²) in [4.78, 5) is 0. The van der Waals surface area contributed by atoms with Gasteiger partial charge in [0.2, 0.25) is 0 Å². The molecule has 0 atom stereocenters. The molecule has 1 spiro atoms. The maximum Gasteiger partial charge on any atom is 0.418 e. The van der Waals surface area contributed by atoms with Crippen LogP contribution in [-0.2, 0) is 6.18 Å². The van der Waals surface area contributed by atoms with Gasteiger partial charge in [-0.15, -0.1) is 0 Å². The van der Waals surface area contributed by atoms with Gasteiger partial charge in [-0.05, 0) is 25.0 Å². The van der Waals surface area contributed by atoms with Crippen molar-refractivity contribution < 1.29 is 17.9 Å². The number of alkyl halides is 3. The van der Waals surface area contributed by atoms with Crippen LogP contribution in [0.3, 0.4) is 0 Å². The molecule has 0 amide bonds. The molecule has 1 fully saturated rings. The molecule has 17 heavy (non-hydrogen) atoms. The van der Waals surface area contributed by atoms with Crippen LogP contribution in [0.1, 0.15) is 18.4 Å². The summed E-state index contributed by atoms with van der Waals surface area (Å²) in [6.45, 7) is 1.07. The largest absolute Gasteiger partial charge is 0.491 e. The van der Waals surface area contributed by atoms with Gasteiger partial charge < -0.3 is 10.1 Å². The second-order valence-electron chi connectivity index (χ2n) is 4.82. The van der Waals surface area contributed by atoms with Gasteiger partial charge in [0.15, 0.2) is 0 Å². The molecule has 1 aromatic rings. The Morgan fingerprint density at radius 2 is 2.00 bits per heavy atom. The van der Waals surface area contributed by atoms with Gasteiger partial charge in [-0.25, -0.2) is 0 Å². The Morgan fingerprint density at radius 1 is 1.24 bits per heavy atom. The summed E-state index contributed by atoms with van der Waals surface area (Å²) in [6, 6.07) is 4.05. The number of hydrogen-bond acceptors (Lipinski definition) is 2. The van der Waals surface area contributed by atoms with Crippen molar-refractivity contribution >= 4 is 5.69 Å². The van der Waals surface area contributed by atoms with Crippen LogP contribution in [0.15, 0.2) is 18.2 Å². The van der Waals surface area contributed by atoms with E-state index in [2.05, 4.69) is 5.32 Å². The second kappa shape index (κ2) is 3.31. The summed E-state index contributed by atoms with van der Waals surface area (Å²) in [6.07, 6.45) is -2.30. The van der Waals surface area contributed by atoms with Crippen molar-refractivity contribution in [2.24, 2.45) is 5.41 Å². The molecule has 2 nitrogen and oxygen atoms in total. The van der Waals surface area contributed by atoms with Crippen molar-refractivity contribution in [3.63, 3.8) is 0 Å². The first kappa shape index (κ1) is 10.7. The molecule has 5 heteroatoms. The summed E-state index contributed by atoms with van der Waals surface area (Å²) >= 11 is 0. The topological polar surface area (TPSA) is 21.3 Å². The van der Waals surface area contributed by atoms with Crippen molar-refractivity contribution in [3.8, 4) is 5.75 Å². The number of rotatable bonds is 0. The lowest BCUT2D eigenvalue weighted by atomic mass is 10.1. The molecule has 92 valence electrons. The third-order valence-electron chi connectivity index (χ3n) is 3.46. The number of anilines is 1. The molecule has 0 aromatic heterocycles. The van der Waals surface area contributed by atoms with E-state index < -0.39 is 11.7 Å². The molecule has 1 aliphatic carbocycles. The van der Waals surface area contributed by atoms with Crippen LogP contribution in [0, 0.1) is 5.41 Å². The Kier molecular flexibility index (Phi) is 2.09. The van der Waals surface area contributed by atoms with Crippen molar-refractivity contribution in [1.29, 1.82) is 0 Å².